The van der Waals surface area contributed by atoms with Gasteiger partial charge in [0.25, 0.3) is 0 Å². The first-order valence-electron chi connectivity index (χ1n) is 13.5. The molecule has 2 fully saturated rings. The fraction of sp³-hybridized carbons (Fsp3) is 0.500. The summed E-state index contributed by atoms with van der Waals surface area (Å²) in [6, 6.07) is 13.8. The van der Waals surface area contributed by atoms with Gasteiger partial charge in [0, 0.05) is 63.3 Å². The van der Waals surface area contributed by atoms with Gasteiger partial charge in [0.05, 0.1) is 11.6 Å². The van der Waals surface area contributed by atoms with Crippen LogP contribution < -0.4 is 4.90 Å². The number of anilines is 1. The van der Waals surface area contributed by atoms with Crippen LogP contribution >= 0.6 is 15.9 Å². The minimum Gasteiger partial charge on any atom is -0.340 e. The number of fused-ring (bicyclic) bond motifs is 1. The minimum absolute atomic E-state index is 0.0477. The van der Waals surface area contributed by atoms with Crippen molar-refractivity contribution in [3.05, 3.63) is 58.1 Å². The van der Waals surface area contributed by atoms with Crippen LogP contribution in [0.25, 0.3) is 0 Å². The number of piperidine rings is 1. The zero-order valence-corrected chi connectivity index (χ0v) is 24.2. The number of rotatable bonds is 6. The van der Waals surface area contributed by atoms with Gasteiger partial charge < -0.3 is 9.80 Å². The molecule has 2 aromatic carbocycles. The number of sulfonamides is 1. The van der Waals surface area contributed by atoms with Crippen LogP contribution in [0.3, 0.4) is 0 Å². The Morgan fingerprint density at radius 3 is 2.45 bits per heavy atom. The van der Waals surface area contributed by atoms with Crippen molar-refractivity contribution in [2.24, 2.45) is 5.92 Å². The van der Waals surface area contributed by atoms with E-state index in [4.69, 9.17) is 0 Å². The van der Waals surface area contributed by atoms with E-state index in [0.717, 1.165) is 25.2 Å². The number of hydrogen-bond acceptors (Lipinski definition) is 5. The van der Waals surface area contributed by atoms with Crippen molar-refractivity contribution in [3.8, 4) is 0 Å². The highest BCUT2D eigenvalue weighted by Gasteiger charge is 2.39. The third-order valence-electron chi connectivity index (χ3n) is 7.88. The van der Waals surface area contributed by atoms with Gasteiger partial charge in [-0.05, 0) is 42.5 Å². The Labute approximate surface area is 233 Å². The maximum Gasteiger partial charge on any atom is 0.245 e. The summed E-state index contributed by atoms with van der Waals surface area (Å²) in [7, 11) is -3.89. The fourth-order valence-corrected chi connectivity index (χ4v) is 8.28. The first kappa shape index (κ1) is 27.3. The molecule has 1 atom stereocenters. The summed E-state index contributed by atoms with van der Waals surface area (Å²) in [5.74, 6) is -0.389. The maximum atomic E-state index is 14.0. The highest BCUT2D eigenvalue weighted by Crippen LogP contribution is 2.40. The van der Waals surface area contributed by atoms with Gasteiger partial charge in [-0.3, -0.25) is 14.5 Å². The predicted molar refractivity (Wildman–Crippen MR) is 150 cm³/mol. The number of hydrogen-bond donors (Lipinski definition) is 0. The van der Waals surface area contributed by atoms with Crippen molar-refractivity contribution in [2.75, 3.05) is 50.7 Å². The summed E-state index contributed by atoms with van der Waals surface area (Å²) in [6.45, 7) is 6.61. The lowest BCUT2D eigenvalue weighted by Crippen LogP contribution is -2.52. The molecule has 10 heteroatoms. The minimum atomic E-state index is -3.89. The van der Waals surface area contributed by atoms with Crippen LogP contribution in [0.5, 0.6) is 0 Å². The maximum absolute atomic E-state index is 14.0. The molecule has 38 heavy (non-hydrogen) atoms. The van der Waals surface area contributed by atoms with E-state index in [2.05, 4.69) is 33.0 Å². The van der Waals surface area contributed by atoms with Gasteiger partial charge in [-0.1, -0.05) is 53.2 Å². The van der Waals surface area contributed by atoms with Crippen LogP contribution in [0, 0.1) is 5.92 Å². The second-order valence-electron chi connectivity index (χ2n) is 10.3. The molecule has 0 saturated carbocycles. The molecule has 2 aromatic rings. The van der Waals surface area contributed by atoms with E-state index in [0.29, 0.717) is 62.0 Å². The standard InChI is InChI=1S/C28H35BrN4O4S/c1-2-26(34)33-12-10-22-17-24(29)18-25(27(22)33)38(36,37)32-11-6-9-23(20-32)28(35)31-15-13-30(14-16-31)19-21-7-4-3-5-8-21/h3-5,7-8,17-18,23H,2,6,9-16,19-20H2,1H3. The lowest BCUT2D eigenvalue weighted by Gasteiger charge is -2.39. The third kappa shape index (κ3) is 5.54. The van der Waals surface area contributed by atoms with Gasteiger partial charge in [0.1, 0.15) is 4.90 Å². The molecule has 204 valence electrons. The molecule has 0 radical (unpaired) electrons. The first-order valence-corrected chi connectivity index (χ1v) is 15.7. The van der Waals surface area contributed by atoms with Gasteiger partial charge in [-0.15, -0.1) is 0 Å². The third-order valence-corrected chi connectivity index (χ3v) is 10.2. The predicted octanol–water partition coefficient (Wildman–Crippen LogP) is 3.49. The summed E-state index contributed by atoms with van der Waals surface area (Å²) in [5, 5.41) is 0. The molecule has 3 aliphatic rings. The van der Waals surface area contributed by atoms with Crippen molar-refractivity contribution in [1.29, 1.82) is 0 Å². The molecule has 8 nitrogen and oxygen atoms in total. The van der Waals surface area contributed by atoms with E-state index in [-0.39, 0.29) is 29.2 Å². The van der Waals surface area contributed by atoms with Crippen molar-refractivity contribution < 1.29 is 18.0 Å². The summed E-state index contributed by atoms with van der Waals surface area (Å²) >= 11 is 3.47. The van der Waals surface area contributed by atoms with Crippen molar-refractivity contribution in [1.82, 2.24) is 14.1 Å². The SMILES string of the molecule is CCC(=O)N1CCc2cc(Br)cc(S(=O)(=O)N3CCCC(C(=O)N4CCN(Cc5ccccc5)CC4)C3)c21. The topological polar surface area (TPSA) is 81.2 Å². The molecular formula is C28H35BrN4O4S. The Kier molecular flexibility index (Phi) is 8.23. The molecule has 0 bridgehead atoms. The van der Waals surface area contributed by atoms with Crippen molar-refractivity contribution >= 4 is 43.5 Å². The smallest absolute Gasteiger partial charge is 0.245 e. The van der Waals surface area contributed by atoms with E-state index < -0.39 is 10.0 Å². The second kappa shape index (κ2) is 11.5. The molecule has 0 spiro atoms. The molecule has 0 N–H and O–H groups in total. The van der Waals surface area contributed by atoms with E-state index in [1.54, 1.807) is 17.9 Å². The molecule has 2 saturated heterocycles. The Morgan fingerprint density at radius 2 is 1.74 bits per heavy atom. The summed E-state index contributed by atoms with van der Waals surface area (Å²) in [5.41, 5.74) is 2.62. The highest BCUT2D eigenvalue weighted by molar-refractivity contribution is 9.10. The number of nitrogens with zero attached hydrogens (tertiary/aromatic N) is 4. The van der Waals surface area contributed by atoms with E-state index >= 15 is 0 Å². The Balaban J connectivity index is 1.28. The van der Waals surface area contributed by atoms with E-state index in [1.165, 1.54) is 9.87 Å². The number of benzene rings is 2. The van der Waals surface area contributed by atoms with Gasteiger partial charge in [0.15, 0.2) is 0 Å². The fourth-order valence-electron chi connectivity index (χ4n) is 5.83. The summed E-state index contributed by atoms with van der Waals surface area (Å²) < 4.78 is 30.0. The van der Waals surface area contributed by atoms with Crippen molar-refractivity contribution in [2.45, 2.75) is 44.0 Å². The monoisotopic (exact) mass is 602 g/mol. The molecule has 3 aliphatic heterocycles. The Bertz CT molecular complexity index is 1300. The molecule has 0 aromatic heterocycles. The van der Waals surface area contributed by atoms with Crippen LogP contribution in [0.4, 0.5) is 5.69 Å². The molecule has 2 amide bonds. The van der Waals surface area contributed by atoms with Crippen LogP contribution in [0.1, 0.15) is 37.3 Å². The molecule has 0 aliphatic carbocycles. The first-order chi connectivity index (χ1) is 18.3. The number of amides is 2. The molecule has 1 unspecified atom stereocenters. The zero-order valence-electron chi connectivity index (χ0n) is 21.8. The largest absolute Gasteiger partial charge is 0.340 e. The number of piperazine rings is 1. The van der Waals surface area contributed by atoms with Crippen LogP contribution in [-0.2, 0) is 32.6 Å². The van der Waals surface area contributed by atoms with Gasteiger partial charge >= 0.3 is 0 Å². The summed E-state index contributed by atoms with van der Waals surface area (Å²) in [6.07, 6.45) is 2.26. The number of carbonyl (C=O) groups excluding carboxylic acids is 2. The van der Waals surface area contributed by atoms with Crippen molar-refractivity contribution in [3.63, 3.8) is 0 Å². The molecule has 5 rings (SSSR count). The Hall–Kier alpha value is -2.27. The second-order valence-corrected chi connectivity index (χ2v) is 13.2. The number of carbonyl (C=O) groups is 2. The Morgan fingerprint density at radius 1 is 1.00 bits per heavy atom. The van der Waals surface area contributed by atoms with Crippen LogP contribution in [0.15, 0.2) is 51.8 Å². The average Bonchev–Trinajstić information content (AvgIpc) is 3.36. The summed E-state index contributed by atoms with van der Waals surface area (Å²) in [4.78, 5) is 32.1. The van der Waals surface area contributed by atoms with Crippen LogP contribution in [-0.4, -0.2) is 80.2 Å². The van der Waals surface area contributed by atoms with Gasteiger partial charge in [-0.2, -0.15) is 4.31 Å². The molecule has 3 heterocycles. The van der Waals surface area contributed by atoms with Crippen LogP contribution in [0.2, 0.25) is 0 Å². The normalized spacial score (nSPS) is 20.9. The molecular weight excluding hydrogens is 568 g/mol. The van der Waals surface area contributed by atoms with Gasteiger partial charge in [0.2, 0.25) is 21.8 Å². The highest BCUT2D eigenvalue weighted by atomic mass is 79.9. The quantitative estimate of drug-likeness (QED) is 0.505. The van der Waals surface area contributed by atoms with Gasteiger partial charge in [-0.25, -0.2) is 8.42 Å². The lowest BCUT2D eigenvalue weighted by molar-refractivity contribution is -0.138. The average molecular weight is 604 g/mol. The van der Waals surface area contributed by atoms with E-state index in [9.17, 15) is 18.0 Å². The number of halogens is 1. The lowest BCUT2D eigenvalue weighted by atomic mass is 9.97. The van der Waals surface area contributed by atoms with E-state index in [1.807, 2.05) is 29.2 Å². The zero-order chi connectivity index (χ0) is 26.9.